The third-order valence-electron chi connectivity index (χ3n) is 5.17. The van der Waals surface area contributed by atoms with Crippen LogP contribution in [0.25, 0.3) is 0 Å². The molecule has 0 aromatic carbocycles. The van der Waals surface area contributed by atoms with E-state index in [1.54, 1.807) is 0 Å². The monoisotopic (exact) mass is 420 g/mol. The van der Waals surface area contributed by atoms with Crippen LogP contribution in [0.1, 0.15) is 68.2 Å². The van der Waals surface area contributed by atoms with Crippen LogP contribution in [0.15, 0.2) is 14.7 Å². The molecule has 1 fully saturated rings. The minimum absolute atomic E-state index is 0.00197. The number of H-pyrrole nitrogens is 1. The van der Waals surface area contributed by atoms with Crippen molar-refractivity contribution in [2.45, 2.75) is 70.6 Å². The maximum absolute atomic E-state index is 12.8. The zero-order valence-electron chi connectivity index (χ0n) is 17.1. The molecule has 0 unspecified atom stereocenters. The minimum atomic E-state index is -0.747. The molecule has 0 amide bonds. The van der Waals surface area contributed by atoms with Gasteiger partial charge in [-0.3, -0.25) is 19.1 Å². The molecule has 9 nitrogen and oxygen atoms in total. The second kappa shape index (κ2) is 8.98. The van der Waals surface area contributed by atoms with Gasteiger partial charge in [-0.1, -0.05) is 44.9 Å². The highest BCUT2D eigenvalue weighted by Crippen LogP contribution is 2.32. The Bertz CT molecular complexity index is 1000. The molecule has 29 heavy (non-hydrogen) atoms. The third-order valence-corrected chi connectivity index (χ3v) is 6.12. The number of aryl methyl sites for hydroxylation is 1. The Morgan fingerprint density at radius 2 is 1.93 bits per heavy atom. The second-order valence-corrected chi connectivity index (χ2v) is 8.87. The number of carbonyl (C=O) groups is 1. The normalized spacial score (nSPS) is 15.2. The number of carbonyl (C=O) groups excluding carboxylic acids is 1. The van der Waals surface area contributed by atoms with E-state index in [0.29, 0.717) is 17.7 Å². The number of aromatic amines is 1. The number of Topliss-reactive ketones (excluding diaryl/α,β-unsaturated/α-hetero) is 1. The molecule has 0 bridgehead atoms. The first kappa shape index (κ1) is 21.4. The summed E-state index contributed by atoms with van der Waals surface area (Å²) in [4.78, 5) is 39.3. The zero-order chi connectivity index (χ0) is 21.1. The molecule has 0 radical (unpaired) electrons. The average molecular weight is 421 g/mol. The Hall–Kier alpha value is -2.36. The Morgan fingerprint density at radius 3 is 2.59 bits per heavy atom. The van der Waals surface area contributed by atoms with Crippen LogP contribution in [0, 0.1) is 12.8 Å². The van der Waals surface area contributed by atoms with Gasteiger partial charge in [0, 0.05) is 12.6 Å². The van der Waals surface area contributed by atoms with Crippen molar-refractivity contribution in [1.82, 2.24) is 24.3 Å². The molecule has 0 saturated heterocycles. The third kappa shape index (κ3) is 4.63. The van der Waals surface area contributed by atoms with Gasteiger partial charge in [0.2, 0.25) is 0 Å². The number of hydrogen-bond acceptors (Lipinski definition) is 7. The van der Waals surface area contributed by atoms with Crippen molar-refractivity contribution in [2.75, 3.05) is 11.5 Å². The first-order valence-electron chi connectivity index (χ1n) is 9.99. The number of nitrogens with one attached hydrogen (secondary N) is 1. The van der Waals surface area contributed by atoms with Crippen molar-refractivity contribution in [3.8, 4) is 0 Å². The lowest BCUT2D eigenvalue weighted by Crippen LogP contribution is -2.37. The van der Waals surface area contributed by atoms with Gasteiger partial charge in [-0.05, 0) is 25.7 Å². The van der Waals surface area contributed by atoms with Crippen molar-refractivity contribution < 1.29 is 4.79 Å². The number of nitrogen functional groups attached to an aromatic ring is 1. The van der Waals surface area contributed by atoms with Gasteiger partial charge in [0.1, 0.15) is 17.2 Å². The summed E-state index contributed by atoms with van der Waals surface area (Å²) in [6.45, 7) is 6.09. The quantitative estimate of drug-likeness (QED) is 0.519. The van der Waals surface area contributed by atoms with Crippen LogP contribution in [0.4, 0.5) is 5.82 Å². The highest BCUT2D eigenvalue weighted by atomic mass is 32.2. The number of anilines is 1. The van der Waals surface area contributed by atoms with Gasteiger partial charge in [0.05, 0.1) is 5.75 Å². The van der Waals surface area contributed by atoms with E-state index in [0.717, 1.165) is 18.7 Å². The van der Waals surface area contributed by atoms with Crippen LogP contribution in [-0.2, 0) is 6.54 Å². The Kier molecular flexibility index (Phi) is 6.61. The van der Waals surface area contributed by atoms with Crippen molar-refractivity contribution in [1.29, 1.82) is 0 Å². The molecule has 1 aliphatic rings. The second-order valence-electron chi connectivity index (χ2n) is 7.93. The molecule has 3 rings (SSSR count). The SMILES string of the molecule is Cc1nnc(SCC(=O)c2c(N)n(CC(C)C)c(=O)[nH]c2=O)n1C1CCCCC1. The lowest BCUT2D eigenvalue weighted by molar-refractivity contribution is 0.102. The number of hydrogen-bond donors (Lipinski definition) is 2. The van der Waals surface area contributed by atoms with Gasteiger partial charge < -0.3 is 10.3 Å². The number of nitrogens with zero attached hydrogens (tertiary/aromatic N) is 4. The molecular formula is C19H28N6O3S. The predicted octanol–water partition coefficient (Wildman–Crippen LogP) is 2.15. The van der Waals surface area contributed by atoms with Gasteiger partial charge in [0.15, 0.2) is 10.9 Å². The van der Waals surface area contributed by atoms with Crippen LogP contribution >= 0.6 is 11.8 Å². The summed E-state index contributed by atoms with van der Waals surface area (Å²) < 4.78 is 3.35. The van der Waals surface area contributed by atoms with E-state index in [2.05, 4.69) is 19.7 Å². The largest absolute Gasteiger partial charge is 0.384 e. The topological polar surface area (TPSA) is 129 Å². The fourth-order valence-corrected chi connectivity index (χ4v) is 4.74. The van der Waals surface area contributed by atoms with Gasteiger partial charge in [-0.15, -0.1) is 10.2 Å². The van der Waals surface area contributed by atoms with E-state index >= 15 is 0 Å². The maximum Gasteiger partial charge on any atom is 0.329 e. The molecule has 3 N–H and O–H groups in total. The zero-order valence-corrected chi connectivity index (χ0v) is 17.9. The van der Waals surface area contributed by atoms with E-state index in [4.69, 9.17) is 5.73 Å². The molecule has 2 aromatic heterocycles. The lowest BCUT2D eigenvalue weighted by Gasteiger charge is -2.24. The molecule has 0 aliphatic heterocycles. The first-order chi connectivity index (χ1) is 13.8. The molecule has 1 saturated carbocycles. The number of ketones is 1. The molecule has 1 aliphatic carbocycles. The van der Waals surface area contributed by atoms with Crippen LogP contribution in [0.3, 0.4) is 0 Å². The van der Waals surface area contributed by atoms with E-state index in [9.17, 15) is 14.4 Å². The van der Waals surface area contributed by atoms with Crippen molar-refractivity contribution >= 4 is 23.4 Å². The molecule has 2 heterocycles. The number of thioether (sulfide) groups is 1. The van der Waals surface area contributed by atoms with Crippen LogP contribution < -0.4 is 17.0 Å². The van der Waals surface area contributed by atoms with E-state index in [1.165, 1.54) is 35.6 Å². The molecule has 2 aromatic rings. The van der Waals surface area contributed by atoms with Crippen LogP contribution in [0.2, 0.25) is 0 Å². The molecular weight excluding hydrogens is 392 g/mol. The summed E-state index contributed by atoms with van der Waals surface area (Å²) in [6.07, 6.45) is 5.75. The molecule has 0 atom stereocenters. The lowest BCUT2D eigenvalue weighted by atomic mass is 9.95. The van der Waals surface area contributed by atoms with E-state index in [-0.39, 0.29) is 23.1 Å². The fourth-order valence-electron chi connectivity index (χ4n) is 3.81. The standard InChI is InChI=1S/C19H28N6O3S/c1-11(2)9-24-16(20)15(17(27)21-18(24)28)14(26)10-29-19-23-22-12(3)25(19)13-7-5-4-6-8-13/h11,13H,4-10,20H2,1-3H3,(H,21,27,28). The average Bonchev–Trinajstić information content (AvgIpc) is 3.04. The molecule has 10 heteroatoms. The summed E-state index contributed by atoms with van der Waals surface area (Å²) >= 11 is 1.25. The van der Waals surface area contributed by atoms with Crippen molar-refractivity contribution in [3.63, 3.8) is 0 Å². The summed E-state index contributed by atoms with van der Waals surface area (Å²) in [7, 11) is 0. The van der Waals surface area contributed by atoms with Gasteiger partial charge >= 0.3 is 5.69 Å². The molecule has 0 spiro atoms. The van der Waals surface area contributed by atoms with Gasteiger partial charge in [-0.25, -0.2) is 4.79 Å². The summed E-state index contributed by atoms with van der Waals surface area (Å²) in [5.41, 5.74) is 4.52. The maximum atomic E-state index is 12.8. The van der Waals surface area contributed by atoms with Gasteiger partial charge in [-0.2, -0.15) is 0 Å². The van der Waals surface area contributed by atoms with E-state index < -0.39 is 17.0 Å². The summed E-state index contributed by atoms with van der Waals surface area (Å²) in [6, 6.07) is 0.345. The Labute approximate surface area is 173 Å². The predicted molar refractivity (Wildman–Crippen MR) is 113 cm³/mol. The number of aromatic nitrogens is 5. The number of nitrogens with two attached hydrogens (primary N) is 1. The number of rotatable bonds is 7. The van der Waals surface area contributed by atoms with Crippen LogP contribution in [-0.4, -0.2) is 35.9 Å². The van der Waals surface area contributed by atoms with Crippen molar-refractivity contribution in [2.24, 2.45) is 5.92 Å². The molecule has 158 valence electrons. The van der Waals surface area contributed by atoms with Gasteiger partial charge in [0.25, 0.3) is 5.56 Å². The van der Waals surface area contributed by atoms with Crippen LogP contribution in [0.5, 0.6) is 0 Å². The Morgan fingerprint density at radius 1 is 1.24 bits per heavy atom. The highest BCUT2D eigenvalue weighted by Gasteiger charge is 2.24. The highest BCUT2D eigenvalue weighted by molar-refractivity contribution is 7.99. The first-order valence-corrected chi connectivity index (χ1v) is 11.0. The van der Waals surface area contributed by atoms with Crippen molar-refractivity contribution in [3.05, 3.63) is 32.2 Å². The Balaban J connectivity index is 1.82. The summed E-state index contributed by atoms with van der Waals surface area (Å²) in [5, 5.41) is 9.08. The minimum Gasteiger partial charge on any atom is -0.384 e. The smallest absolute Gasteiger partial charge is 0.329 e. The van der Waals surface area contributed by atoms with E-state index in [1.807, 2.05) is 20.8 Å². The summed E-state index contributed by atoms with van der Waals surface area (Å²) in [5.74, 6) is 0.452. The fraction of sp³-hybridized carbons (Fsp3) is 0.632.